The van der Waals surface area contributed by atoms with Gasteiger partial charge in [-0.25, -0.2) is 0 Å². The number of aryl methyl sites for hydroxylation is 1. The molecule has 0 amide bonds. The Balaban J connectivity index is 1.54. The highest BCUT2D eigenvalue weighted by Crippen LogP contribution is 2.21. The summed E-state index contributed by atoms with van der Waals surface area (Å²) < 4.78 is 11.1. The number of morpholine rings is 1. The van der Waals surface area contributed by atoms with E-state index >= 15 is 0 Å². The second-order valence-corrected chi connectivity index (χ2v) is 9.36. The third-order valence-electron chi connectivity index (χ3n) is 6.50. The van der Waals surface area contributed by atoms with Gasteiger partial charge in [0, 0.05) is 48.3 Å². The van der Waals surface area contributed by atoms with Crippen LogP contribution in [0.1, 0.15) is 31.4 Å². The Hall–Kier alpha value is -2.94. The van der Waals surface area contributed by atoms with Crippen molar-refractivity contribution in [2.75, 3.05) is 51.3 Å². The van der Waals surface area contributed by atoms with Crippen LogP contribution in [0.3, 0.4) is 0 Å². The van der Waals surface area contributed by atoms with E-state index in [0.717, 1.165) is 74.6 Å². The number of rotatable bonds is 10. The Morgan fingerprint density at radius 1 is 1.14 bits per heavy atom. The SMILES string of the molecule is CCOc1ccc2[nH]c(=O)c(CN(CCCN3CCOCC3)C(=S)Nc3ccccc3CC)cc2c1. The van der Waals surface area contributed by atoms with Crippen LogP contribution in [-0.2, 0) is 17.7 Å². The molecule has 192 valence electrons. The molecule has 36 heavy (non-hydrogen) atoms. The summed E-state index contributed by atoms with van der Waals surface area (Å²) in [6, 6.07) is 15.9. The van der Waals surface area contributed by atoms with Gasteiger partial charge in [-0.3, -0.25) is 9.69 Å². The zero-order chi connectivity index (χ0) is 25.3. The molecular weight excluding hydrogens is 472 g/mol. The van der Waals surface area contributed by atoms with Crippen molar-refractivity contribution in [3.05, 3.63) is 70.0 Å². The van der Waals surface area contributed by atoms with Crippen molar-refractivity contribution in [2.24, 2.45) is 0 Å². The molecule has 0 radical (unpaired) electrons. The molecule has 2 N–H and O–H groups in total. The van der Waals surface area contributed by atoms with Crippen LogP contribution < -0.4 is 15.6 Å². The maximum atomic E-state index is 13.0. The van der Waals surface area contributed by atoms with Crippen molar-refractivity contribution < 1.29 is 9.47 Å². The lowest BCUT2D eigenvalue weighted by molar-refractivity contribution is 0.0367. The maximum absolute atomic E-state index is 13.0. The van der Waals surface area contributed by atoms with E-state index in [1.165, 1.54) is 5.56 Å². The summed E-state index contributed by atoms with van der Waals surface area (Å²) in [6.07, 6.45) is 1.85. The Kier molecular flexibility index (Phi) is 9.33. The third-order valence-corrected chi connectivity index (χ3v) is 6.86. The van der Waals surface area contributed by atoms with Gasteiger partial charge < -0.3 is 24.7 Å². The van der Waals surface area contributed by atoms with Crippen LogP contribution in [0.25, 0.3) is 10.9 Å². The Labute approximate surface area is 218 Å². The topological polar surface area (TPSA) is 69.8 Å². The van der Waals surface area contributed by atoms with E-state index in [1.54, 1.807) is 0 Å². The fraction of sp³-hybridized carbons (Fsp3) is 0.429. The monoisotopic (exact) mass is 508 g/mol. The van der Waals surface area contributed by atoms with Gasteiger partial charge in [0.1, 0.15) is 5.75 Å². The Bertz CT molecular complexity index is 1220. The number of H-pyrrole nitrogens is 1. The third kappa shape index (κ3) is 6.84. The molecule has 0 spiro atoms. The van der Waals surface area contributed by atoms with E-state index in [4.69, 9.17) is 21.7 Å². The lowest BCUT2D eigenvalue weighted by atomic mass is 10.1. The number of para-hydroxylation sites is 1. The molecule has 0 saturated carbocycles. The number of fused-ring (bicyclic) bond motifs is 1. The number of hydrogen-bond acceptors (Lipinski definition) is 5. The molecule has 0 bridgehead atoms. The molecule has 1 aliphatic heterocycles. The van der Waals surface area contributed by atoms with E-state index in [-0.39, 0.29) is 5.56 Å². The van der Waals surface area contributed by atoms with Crippen molar-refractivity contribution in [1.82, 2.24) is 14.8 Å². The first-order chi connectivity index (χ1) is 17.6. The van der Waals surface area contributed by atoms with Crippen LogP contribution in [-0.4, -0.2) is 65.9 Å². The fourth-order valence-electron chi connectivity index (χ4n) is 4.52. The second-order valence-electron chi connectivity index (χ2n) is 8.98. The van der Waals surface area contributed by atoms with E-state index in [0.29, 0.717) is 23.8 Å². The predicted octanol–water partition coefficient (Wildman–Crippen LogP) is 4.41. The van der Waals surface area contributed by atoms with Crippen molar-refractivity contribution >= 4 is 33.9 Å². The zero-order valence-corrected chi connectivity index (χ0v) is 22.0. The minimum atomic E-state index is -0.0957. The van der Waals surface area contributed by atoms with Crippen molar-refractivity contribution in [3.8, 4) is 5.75 Å². The number of ether oxygens (including phenoxy) is 2. The molecule has 1 fully saturated rings. The van der Waals surface area contributed by atoms with E-state index in [9.17, 15) is 4.79 Å². The molecule has 2 heterocycles. The average molecular weight is 509 g/mol. The highest BCUT2D eigenvalue weighted by Gasteiger charge is 2.16. The van der Waals surface area contributed by atoms with Gasteiger partial charge in [0.25, 0.3) is 5.56 Å². The summed E-state index contributed by atoms with van der Waals surface area (Å²) in [5.41, 5.74) is 3.60. The Morgan fingerprint density at radius 3 is 2.72 bits per heavy atom. The highest BCUT2D eigenvalue weighted by atomic mass is 32.1. The standard InChI is InChI=1S/C28H36N4O3S/c1-3-21-8-5-6-9-25(21)30-28(36)32(13-7-12-31-14-16-34-17-15-31)20-23-18-22-19-24(35-4-2)10-11-26(22)29-27(23)33/h5-6,8-11,18-19H,3-4,7,12-17,20H2,1-2H3,(H,29,33)(H,30,36). The molecular formula is C28H36N4O3S. The number of aromatic amines is 1. The molecule has 3 aromatic rings. The summed E-state index contributed by atoms with van der Waals surface area (Å²) in [5.74, 6) is 0.790. The first-order valence-corrected chi connectivity index (χ1v) is 13.2. The van der Waals surface area contributed by atoms with Gasteiger partial charge in [0.2, 0.25) is 0 Å². The number of hydrogen-bond donors (Lipinski definition) is 2. The number of anilines is 1. The van der Waals surface area contributed by atoms with Gasteiger partial charge in [-0.05, 0) is 67.9 Å². The summed E-state index contributed by atoms with van der Waals surface area (Å²) in [5, 5.41) is 5.01. The number of thiocarbonyl (C=S) groups is 1. The van der Waals surface area contributed by atoms with Gasteiger partial charge in [-0.1, -0.05) is 25.1 Å². The lowest BCUT2D eigenvalue weighted by Crippen LogP contribution is -2.40. The number of pyridine rings is 1. The van der Waals surface area contributed by atoms with Crippen LogP contribution in [0.5, 0.6) is 5.75 Å². The van der Waals surface area contributed by atoms with Gasteiger partial charge >= 0.3 is 0 Å². The normalized spacial score (nSPS) is 14.1. The molecule has 1 saturated heterocycles. The molecule has 1 aromatic heterocycles. The molecule has 0 unspecified atom stereocenters. The minimum Gasteiger partial charge on any atom is -0.494 e. The van der Waals surface area contributed by atoms with Gasteiger partial charge in [0.15, 0.2) is 5.11 Å². The van der Waals surface area contributed by atoms with Crippen LogP contribution in [0.4, 0.5) is 5.69 Å². The zero-order valence-electron chi connectivity index (χ0n) is 21.2. The summed E-state index contributed by atoms with van der Waals surface area (Å²) in [6.45, 7) is 10.3. The van der Waals surface area contributed by atoms with E-state index < -0.39 is 0 Å². The molecule has 8 heteroatoms. The van der Waals surface area contributed by atoms with Crippen molar-refractivity contribution in [1.29, 1.82) is 0 Å². The Morgan fingerprint density at radius 2 is 1.94 bits per heavy atom. The molecule has 7 nitrogen and oxygen atoms in total. The van der Waals surface area contributed by atoms with Crippen LogP contribution in [0.15, 0.2) is 53.3 Å². The van der Waals surface area contributed by atoms with E-state index in [1.807, 2.05) is 43.3 Å². The first kappa shape index (κ1) is 26.1. The fourth-order valence-corrected chi connectivity index (χ4v) is 4.78. The molecule has 1 aliphatic rings. The maximum Gasteiger partial charge on any atom is 0.253 e. The number of nitrogens with one attached hydrogen (secondary N) is 2. The largest absolute Gasteiger partial charge is 0.494 e. The number of benzene rings is 2. The first-order valence-electron chi connectivity index (χ1n) is 12.8. The average Bonchev–Trinajstić information content (AvgIpc) is 2.89. The van der Waals surface area contributed by atoms with Crippen molar-refractivity contribution in [2.45, 2.75) is 33.2 Å². The summed E-state index contributed by atoms with van der Waals surface area (Å²) in [7, 11) is 0. The summed E-state index contributed by atoms with van der Waals surface area (Å²) >= 11 is 5.88. The van der Waals surface area contributed by atoms with E-state index in [2.05, 4.69) is 39.2 Å². The molecule has 0 aliphatic carbocycles. The number of aromatic nitrogens is 1. The smallest absolute Gasteiger partial charge is 0.253 e. The minimum absolute atomic E-state index is 0.0957. The van der Waals surface area contributed by atoms with Crippen molar-refractivity contribution in [3.63, 3.8) is 0 Å². The second kappa shape index (κ2) is 12.9. The quantitative estimate of drug-likeness (QED) is 0.393. The van der Waals surface area contributed by atoms with Crippen LogP contribution >= 0.6 is 12.2 Å². The van der Waals surface area contributed by atoms with Gasteiger partial charge in [-0.2, -0.15) is 0 Å². The molecule has 4 rings (SSSR count). The van der Waals surface area contributed by atoms with Gasteiger partial charge in [0.05, 0.1) is 26.4 Å². The lowest BCUT2D eigenvalue weighted by Gasteiger charge is -2.30. The highest BCUT2D eigenvalue weighted by molar-refractivity contribution is 7.80. The summed E-state index contributed by atoms with van der Waals surface area (Å²) in [4.78, 5) is 20.5. The van der Waals surface area contributed by atoms with Crippen LogP contribution in [0.2, 0.25) is 0 Å². The van der Waals surface area contributed by atoms with Crippen LogP contribution in [0, 0.1) is 0 Å². The number of nitrogens with zero attached hydrogens (tertiary/aromatic N) is 2. The molecule has 2 aromatic carbocycles. The molecule has 0 atom stereocenters. The predicted molar refractivity (Wildman–Crippen MR) is 150 cm³/mol. The van der Waals surface area contributed by atoms with Gasteiger partial charge in [-0.15, -0.1) is 0 Å².